The van der Waals surface area contributed by atoms with Gasteiger partial charge in [-0.15, -0.1) is 11.8 Å². The van der Waals surface area contributed by atoms with Crippen LogP contribution in [0.4, 0.5) is 5.69 Å². The third kappa shape index (κ3) is 6.27. The van der Waals surface area contributed by atoms with Gasteiger partial charge in [0, 0.05) is 31.4 Å². The van der Waals surface area contributed by atoms with Crippen molar-refractivity contribution >= 4 is 35.2 Å². The number of benzene rings is 1. The van der Waals surface area contributed by atoms with Crippen LogP contribution in [0.1, 0.15) is 6.92 Å². The number of morpholine rings is 1. The van der Waals surface area contributed by atoms with Gasteiger partial charge in [-0.05, 0) is 19.1 Å². The first-order valence-electron chi connectivity index (χ1n) is 9.97. The Morgan fingerprint density at radius 3 is 2.53 bits per heavy atom. The van der Waals surface area contributed by atoms with Gasteiger partial charge in [-0.2, -0.15) is 0 Å². The molecule has 0 radical (unpaired) electrons. The van der Waals surface area contributed by atoms with Gasteiger partial charge in [-0.3, -0.25) is 14.4 Å². The number of ether oxygens (including phenoxy) is 3. The second-order valence-corrected chi connectivity index (χ2v) is 7.79. The van der Waals surface area contributed by atoms with Crippen molar-refractivity contribution in [3.63, 3.8) is 0 Å². The SMILES string of the molecule is CCN(CC(=O)Nc1ccc2c(c1)OCCO2)C(=O)CSCC(=O)N1CCOCC1. The van der Waals surface area contributed by atoms with Crippen molar-refractivity contribution in [3.05, 3.63) is 18.2 Å². The molecular weight excluding hydrogens is 410 g/mol. The molecule has 3 rings (SSSR count). The molecule has 30 heavy (non-hydrogen) atoms. The van der Waals surface area contributed by atoms with Gasteiger partial charge < -0.3 is 29.3 Å². The predicted molar refractivity (Wildman–Crippen MR) is 113 cm³/mol. The number of amides is 3. The summed E-state index contributed by atoms with van der Waals surface area (Å²) >= 11 is 1.27. The van der Waals surface area contributed by atoms with E-state index in [2.05, 4.69) is 5.32 Å². The molecular formula is C20H27N3O6S. The van der Waals surface area contributed by atoms with Gasteiger partial charge >= 0.3 is 0 Å². The second kappa shape index (κ2) is 11.1. The van der Waals surface area contributed by atoms with E-state index in [1.165, 1.54) is 16.7 Å². The number of hydrogen-bond donors (Lipinski definition) is 1. The van der Waals surface area contributed by atoms with Gasteiger partial charge in [-0.1, -0.05) is 0 Å². The molecule has 10 heteroatoms. The average Bonchev–Trinajstić information content (AvgIpc) is 2.77. The summed E-state index contributed by atoms with van der Waals surface area (Å²) in [6, 6.07) is 5.18. The maximum Gasteiger partial charge on any atom is 0.243 e. The van der Waals surface area contributed by atoms with E-state index in [-0.39, 0.29) is 35.8 Å². The monoisotopic (exact) mass is 437 g/mol. The summed E-state index contributed by atoms with van der Waals surface area (Å²) in [7, 11) is 0. The van der Waals surface area contributed by atoms with Gasteiger partial charge in [0.05, 0.1) is 31.3 Å². The molecule has 1 saturated heterocycles. The Morgan fingerprint density at radius 1 is 1.07 bits per heavy atom. The molecule has 3 amide bonds. The zero-order chi connectivity index (χ0) is 21.3. The van der Waals surface area contributed by atoms with Gasteiger partial charge in [0.25, 0.3) is 0 Å². The molecule has 0 bridgehead atoms. The fraction of sp³-hybridized carbons (Fsp3) is 0.550. The molecule has 2 aliphatic heterocycles. The van der Waals surface area contributed by atoms with E-state index in [4.69, 9.17) is 14.2 Å². The van der Waals surface area contributed by atoms with Crippen LogP contribution in [0.2, 0.25) is 0 Å². The number of thioether (sulfide) groups is 1. The standard InChI is InChI=1S/C20H27N3O6S/c1-2-22(19(25)13-30-14-20(26)23-5-7-27-8-6-23)12-18(24)21-15-3-4-16-17(11-15)29-10-9-28-16/h3-4,11H,2,5-10,12-14H2,1H3,(H,21,24). The van der Waals surface area contributed by atoms with Crippen LogP contribution in [0.25, 0.3) is 0 Å². The second-order valence-electron chi connectivity index (χ2n) is 6.80. The molecule has 0 aliphatic carbocycles. The van der Waals surface area contributed by atoms with Gasteiger partial charge in [0.1, 0.15) is 13.2 Å². The van der Waals surface area contributed by atoms with Crippen molar-refractivity contribution in [2.24, 2.45) is 0 Å². The molecule has 9 nitrogen and oxygen atoms in total. The molecule has 0 saturated carbocycles. The lowest BCUT2D eigenvalue weighted by Gasteiger charge is -2.26. The Morgan fingerprint density at radius 2 is 1.80 bits per heavy atom. The highest BCUT2D eigenvalue weighted by atomic mass is 32.2. The first kappa shape index (κ1) is 22.2. The molecule has 164 valence electrons. The van der Waals surface area contributed by atoms with E-state index in [0.717, 1.165) is 0 Å². The molecule has 0 atom stereocenters. The van der Waals surface area contributed by atoms with Crippen LogP contribution >= 0.6 is 11.8 Å². The van der Waals surface area contributed by atoms with Crippen molar-refractivity contribution in [3.8, 4) is 11.5 Å². The highest BCUT2D eigenvalue weighted by molar-refractivity contribution is 8.00. The largest absolute Gasteiger partial charge is 0.486 e. The number of nitrogens with zero attached hydrogens (tertiary/aromatic N) is 2. The fourth-order valence-electron chi connectivity index (χ4n) is 3.09. The van der Waals surface area contributed by atoms with Crippen LogP contribution in [0.15, 0.2) is 18.2 Å². The minimum atomic E-state index is -0.295. The van der Waals surface area contributed by atoms with E-state index in [1.807, 2.05) is 6.92 Å². The zero-order valence-corrected chi connectivity index (χ0v) is 17.9. The Bertz CT molecular complexity index is 769. The van der Waals surface area contributed by atoms with Crippen LogP contribution in [-0.4, -0.2) is 91.6 Å². The maximum absolute atomic E-state index is 12.5. The van der Waals surface area contributed by atoms with Gasteiger partial charge in [-0.25, -0.2) is 0 Å². The lowest BCUT2D eigenvalue weighted by atomic mass is 10.2. The van der Waals surface area contributed by atoms with E-state index < -0.39 is 0 Å². The molecule has 1 aromatic rings. The van der Waals surface area contributed by atoms with E-state index in [1.54, 1.807) is 23.1 Å². The molecule has 0 unspecified atom stereocenters. The number of anilines is 1. The predicted octanol–water partition coefficient (Wildman–Crippen LogP) is 0.837. The molecule has 1 aromatic carbocycles. The van der Waals surface area contributed by atoms with E-state index in [9.17, 15) is 14.4 Å². The van der Waals surface area contributed by atoms with Crippen LogP contribution in [0.3, 0.4) is 0 Å². The number of nitrogens with one attached hydrogen (secondary N) is 1. The van der Waals surface area contributed by atoms with Crippen molar-refractivity contribution in [1.29, 1.82) is 0 Å². The van der Waals surface area contributed by atoms with Crippen LogP contribution in [0, 0.1) is 0 Å². The highest BCUT2D eigenvalue weighted by Gasteiger charge is 2.20. The summed E-state index contributed by atoms with van der Waals surface area (Å²) in [6.45, 7) is 5.43. The summed E-state index contributed by atoms with van der Waals surface area (Å²) in [4.78, 5) is 40.2. The van der Waals surface area contributed by atoms with Gasteiger partial charge in [0.2, 0.25) is 17.7 Å². The minimum absolute atomic E-state index is 0.00972. The van der Waals surface area contributed by atoms with E-state index >= 15 is 0 Å². The van der Waals surface area contributed by atoms with Gasteiger partial charge in [0.15, 0.2) is 11.5 Å². The Balaban J connectivity index is 1.42. The number of carbonyl (C=O) groups is 3. The number of rotatable bonds is 8. The lowest BCUT2D eigenvalue weighted by Crippen LogP contribution is -2.42. The van der Waals surface area contributed by atoms with Crippen LogP contribution in [0.5, 0.6) is 11.5 Å². The highest BCUT2D eigenvalue weighted by Crippen LogP contribution is 2.32. The first-order chi connectivity index (χ1) is 14.6. The van der Waals surface area contributed by atoms with Crippen molar-refractivity contribution in [1.82, 2.24) is 9.80 Å². The fourth-order valence-corrected chi connectivity index (χ4v) is 3.91. The lowest BCUT2D eigenvalue weighted by molar-refractivity contribution is -0.132. The number of carbonyl (C=O) groups excluding carboxylic acids is 3. The summed E-state index contributed by atoms with van der Waals surface area (Å²) in [5, 5.41) is 2.78. The molecule has 1 fully saturated rings. The van der Waals surface area contributed by atoms with Crippen molar-refractivity contribution in [2.45, 2.75) is 6.92 Å². The summed E-state index contributed by atoms with van der Waals surface area (Å²) < 4.78 is 16.2. The summed E-state index contributed by atoms with van der Waals surface area (Å²) in [5.74, 6) is 1.17. The minimum Gasteiger partial charge on any atom is -0.486 e. The maximum atomic E-state index is 12.5. The molecule has 0 spiro atoms. The Hall–Kier alpha value is -2.46. The zero-order valence-electron chi connectivity index (χ0n) is 17.1. The Labute approximate surface area is 180 Å². The van der Waals surface area contributed by atoms with E-state index in [0.29, 0.717) is 63.2 Å². The normalized spacial score (nSPS) is 15.4. The Kier molecular flexibility index (Phi) is 8.21. The quantitative estimate of drug-likeness (QED) is 0.644. The third-order valence-electron chi connectivity index (χ3n) is 4.71. The van der Waals surface area contributed by atoms with Crippen molar-refractivity contribution < 1.29 is 28.6 Å². The topological polar surface area (TPSA) is 97.4 Å². The molecule has 2 heterocycles. The number of likely N-dealkylation sites (N-methyl/N-ethyl adjacent to an activating group) is 1. The first-order valence-corrected chi connectivity index (χ1v) is 11.1. The number of fused-ring (bicyclic) bond motifs is 1. The third-order valence-corrected chi connectivity index (χ3v) is 5.61. The summed E-state index contributed by atoms with van der Waals surface area (Å²) in [6.07, 6.45) is 0. The molecule has 1 N–H and O–H groups in total. The average molecular weight is 438 g/mol. The smallest absolute Gasteiger partial charge is 0.243 e. The van der Waals surface area contributed by atoms with Crippen molar-refractivity contribution in [2.75, 3.05) is 69.4 Å². The van der Waals surface area contributed by atoms with Crippen LogP contribution < -0.4 is 14.8 Å². The van der Waals surface area contributed by atoms with Crippen LogP contribution in [-0.2, 0) is 19.1 Å². The molecule has 2 aliphatic rings. The number of hydrogen-bond acceptors (Lipinski definition) is 7. The molecule has 0 aromatic heterocycles. The summed E-state index contributed by atoms with van der Waals surface area (Å²) in [5.41, 5.74) is 0.582.